The summed E-state index contributed by atoms with van der Waals surface area (Å²) in [7, 11) is 0. The van der Waals surface area contributed by atoms with Crippen LogP contribution >= 0.6 is 22.6 Å². The Hall–Kier alpha value is -0.850. The molecule has 4 nitrogen and oxygen atoms in total. The molecule has 2 aliphatic rings. The molecule has 2 fully saturated rings. The van der Waals surface area contributed by atoms with Gasteiger partial charge in [0.1, 0.15) is 0 Å². The molecule has 0 atom stereocenters. The topological polar surface area (TPSA) is 55.2 Å². The van der Waals surface area contributed by atoms with Crippen LogP contribution in [0.15, 0.2) is 18.2 Å². The van der Waals surface area contributed by atoms with E-state index in [4.69, 9.17) is 0 Å². The van der Waals surface area contributed by atoms with Crippen LogP contribution in [0.5, 0.6) is 0 Å². The summed E-state index contributed by atoms with van der Waals surface area (Å²) < 4.78 is 0.928. The quantitative estimate of drug-likeness (QED) is 0.466. The second kappa shape index (κ2) is 5.26. The van der Waals surface area contributed by atoms with Gasteiger partial charge in [-0.1, -0.05) is 0 Å². The van der Waals surface area contributed by atoms with Crippen molar-refractivity contribution in [2.45, 2.75) is 25.7 Å². The normalized spacial score (nSPS) is 18.6. The van der Waals surface area contributed by atoms with Gasteiger partial charge < -0.3 is 5.32 Å². The summed E-state index contributed by atoms with van der Waals surface area (Å²) in [4.78, 5) is 10.4. The zero-order valence-electron chi connectivity index (χ0n) is 10.6. The first-order chi connectivity index (χ1) is 9.15. The van der Waals surface area contributed by atoms with Gasteiger partial charge in [0.05, 0.1) is 4.92 Å². The van der Waals surface area contributed by atoms with Crippen LogP contribution in [0.3, 0.4) is 0 Å². The number of non-ortho nitro benzene ring substituents is 1. The number of halogens is 1. The van der Waals surface area contributed by atoms with Gasteiger partial charge in [-0.05, 0) is 72.1 Å². The van der Waals surface area contributed by atoms with Gasteiger partial charge in [0.25, 0.3) is 5.69 Å². The first-order valence-electron chi connectivity index (χ1n) is 6.83. The van der Waals surface area contributed by atoms with Crippen LogP contribution < -0.4 is 5.32 Å². The number of nitro benzene ring substituents is 1. The van der Waals surface area contributed by atoms with Crippen molar-refractivity contribution in [3.63, 3.8) is 0 Å². The SMILES string of the molecule is O=[N+]([O-])c1ccc(NCC(C2CC2)C2CC2)c(I)c1. The van der Waals surface area contributed by atoms with Gasteiger partial charge in [-0.2, -0.15) is 0 Å². The Morgan fingerprint density at radius 1 is 1.32 bits per heavy atom. The average molecular weight is 372 g/mol. The molecule has 0 bridgehead atoms. The number of nitrogens with one attached hydrogen (secondary N) is 1. The maximum Gasteiger partial charge on any atom is 0.270 e. The van der Waals surface area contributed by atoms with Gasteiger partial charge >= 0.3 is 0 Å². The third kappa shape index (κ3) is 3.19. The highest BCUT2D eigenvalue weighted by molar-refractivity contribution is 14.1. The van der Waals surface area contributed by atoms with E-state index in [0.717, 1.165) is 33.6 Å². The van der Waals surface area contributed by atoms with Crippen molar-refractivity contribution in [3.05, 3.63) is 31.9 Å². The Morgan fingerprint density at radius 2 is 1.95 bits per heavy atom. The zero-order chi connectivity index (χ0) is 13.4. The fourth-order valence-electron chi connectivity index (χ4n) is 2.76. The summed E-state index contributed by atoms with van der Waals surface area (Å²) in [6.45, 7) is 1.02. The molecular formula is C14H17IN2O2. The van der Waals surface area contributed by atoms with Crippen LogP contribution in [0.1, 0.15) is 25.7 Å². The van der Waals surface area contributed by atoms with Crippen LogP contribution in [-0.2, 0) is 0 Å². The average Bonchev–Trinajstić information content (AvgIpc) is 3.25. The van der Waals surface area contributed by atoms with Crippen LogP contribution in [0.2, 0.25) is 0 Å². The molecule has 19 heavy (non-hydrogen) atoms. The predicted molar refractivity (Wildman–Crippen MR) is 83.2 cm³/mol. The van der Waals surface area contributed by atoms with Crippen molar-refractivity contribution >= 4 is 34.0 Å². The van der Waals surface area contributed by atoms with Crippen molar-refractivity contribution in [1.29, 1.82) is 0 Å². The monoisotopic (exact) mass is 372 g/mol. The standard InChI is InChI=1S/C14H17IN2O2/c15-13-7-11(17(18)19)5-6-14(13)16-8-12(9-1-2-9)10-3-4-10/h5-7,9-10,12,16H,1-4,8H2. The fraction of sp³-hybridized carbons (Fsp3) is 0.571. The number of rotatable bonds is 6. The number of hydrogen-bond donors (Lipinski definition) is 1. The lowest BCUT2D eigenvalue weighted by Gasteiger charge is -2.17. The molecule has 0 amide bonds. The first kappa shape index (κ1) is 13.1. The number of benzene rings is 1. The molecule has 0 aliphatic heterocycles. The van der Waals surface area contributed by atoms with Gasteiger partial charge in [-0.25, -0.2) is 0 Å². The second-order valence-corrected chi connectivity index (χ2v) is 6.80. The molecule has 0 saturated heterocycles. The highest BCUT2D eigenvalue weighted by atomic mass is 127. The van der Waals surface area contributed by atoms with Gasteiger partial charge in [0.2, 0.25) is 0 Å². The number of nitro groups is 1. The van der Waals surface area contributed by atoms with E-state index in [0.29, 0.717) is 0 Å². The second-order valence-electron chi connectivity index (χ2n) is 5.64. The molecule has 0 aromatic heterocycles. The van der Waals surface area contributed by atoms with E-state index in [9.17, 15) is 10.1 Å². The number of hydrogen-bond acceptors (Lipinski definition) is 3. The van der Waals surface area contributed by atoms with Crippen molar-refractivity contribution in [2.24, 2.45) is 17.8 Å². The number of anilines is 1. The lowest BCUT2D eigenvalue weighted by molar-refractivity contribution is -0.384. The summed E-state index contributed by atoms with van der Waals surface area (Å²) in [5.41, 5.74) is 1.19. The lowest BCUT2D eigenvalue weighted by atomic mass is 9.98. The van der Waals surface area contributed by atoms with Crippen LogP contribution in [0.25, 0.3) is 0 Å². The smallest absolute Gasteiger partial charge is 0.270 e. The van der Waals surface area contributed by atoms with Crippen LogP contribution in [-0.4, -0.2) is 11.5 Å². The summed E-state index contributed by atoms with van der Waals surface area (Å²) >= 11 is 2.17. The first-order valence-corrected chi connectivity index (χ1v) is 7.91. The minimum atomic E-state index is -0.344. The Labute approximate surface area is 126 Å². The number of nitrogens with zero attached hydrogens (tertiary/aromatic N) is 1. The summed E-state index contributed by atoms with van der Waals surface area (Å²) in [6, 6.07) is 5.04. The van der Waals surface area contributed by atoms with E-state index in [1.807, 2.05) is 6.07 Å². The van der Waals surface area contributed by atoms with Crippen LogP contribution in [0.4, 0.5) is 11.4 Å². The predicted octanol–water partition coefficient (Wildman–Crippen LogP) is 4.05. The third-order valence-electron chi connectivity index (χ3n) is 4.15. The molecule has 2 saturated carbocycles. The summed E-state index contributed by atoms with van der Waals surface area (Å²) in [5.74, 6) is 2.66. The van der Waals surface area contributed by atoms with E-state index < -0.39 is 0 Å². The van der Waals surface area contributed by atoms with Gasteiger partial charge in [0, 0.05) is 27.9 Å². The molecule has 102 valence electrons. The minimum Gasteiger partial charge on any atom is -0.384 e. The molecule has 1 aromatic rings. The Kier molecular flexibility index (Phi) is 3.64. The van der Waals surface area contributed by atoms with Gasteiger partial charge in [-0.3, -0.25) is 10.1 Å². The maximum absolute atomic E-state index is 10.7. The van der Waals surface area contributed by atoms with E-state index in [1.165, 1.54) is 25.7 Å². The molecule has 0 spiro atoms. The molecule has 0 unspecified atom stereocenters. The molecular weight excluding hydrogens is 355 g/mol. The molecule has 3 rings (SSSR count). The molecule has 1 aromatic carbocycles. The van der Waals surface area contributed by atoms with E-state index in [2.05, 4.69) is 27.9 Å². The van der Waals surface area contributed by atoms with Crippen molar-refractivity contribution in [3.8, 4) is 0 Å². The van der Waals surface area contributed by atoms with E-state index in [1.54, 1.807) is 12.1 Å². The molecule has 2 aliphatic carbocycles. The third-order valence-corrected chi connectivity index (χ3v) is 5.04. The molecule has 5 heteroatoms. The van der Waals surface area contributed by atoms with Crippen LogP contribution in [0, 0.1) is 31.4 Å². The highest BCUT2D eigenvalue weighted by Crippen LogP contribution is 2.49. The zero-order valence-corrected chi connectivity index (χ0v) is 12.8. The maximum atomic E-state index is 10.7. The summed E-state index contributed by atoms with van der Waals surface area (Å²) in [6.07, 6.45) is 5.56. The van der Waals surface area contributed by atoms with Crippen molar-refractivity contribution in [1.82, 2.24) is 0 Å². The van der Waals surface area contributed by atoms with Gasteiger partial charge in [0.15, 0.2) is 0 Å². The van der Waals surface area contributed by atoms with Gasteiger partial charge in [-0.15, -0.1) is 0 Å². The minimum absolute atomic E-state index is 0.163. The van der Waals surface area contributed by atoms with E-state index in [-0.39, 0.29) is 10.6 Å². The summed E-state index contributed by atoms with van der Waals surface area (Å²) in [5, 5.41) is 14.2. The van der Waals surface area contributed by atoms with Crippen molar-refractivity contribution < 1.29 is 4.92 Å². The Morgan fingerprint density at radius 3 is 2.42 bits per heavy atom. The molecule has 1 N–H and O–H groups in total. The van der Waals surface area contributed by atoms with Crippen molar-refractivity contribution in [2.75, 3.05) is 11.9 Å². The molecule has 0 radical (unpaired) electrons. The molecule has 0 heterocycles. The van der Waals surface area contributed by atoms with E-state index >= 15 is 0 Å². The Bertz CT molecular complexity index is 486. The largest absolute Gasteiger partial charge is 0.384 e. The highest BCUT2D eigenvalue weighted by Gasteiger charge is 2.41. The fourth-order valence-corrected chi connectivity index (χ4v) is 3.45. The Balaban J connectivity index is 1.64. The lowest BCUT2D eigenvalue weighted by Crippen LogP contribution is -2.18.